The Hall–Kier alpha value is -2.98. The van der Waals surface area contributed by atoms with Crippen LogP contribution in [0.1, 0.15) is 57.9 Å². The molecule has 0 bridgehead atoms. The highest BCUT2D eigenvalue weighted by molar-refractivity contribution is 7.92. The van der Waals surface area contributed by atoms with Crippen LogP contribution in [0.25, 0.3) is 0 Å². The fourth-order valence-electron chi connectivity index (χ4n) is 5.49. The lowest BCUT2D eigenvalue weighted by Gasteiger charge is -2.34. The Morgan fingerprint density at radius 2 is 1.62 bits per heavy atom. The van der Waals surface area contributed by atoms with Crippen LogP contribution < -0.4 is 14.4 Å². The summed E-state index contributed by atoms with van der Waals surface area (Å²) in [5.41, 5.74) is 0.834. The van der Waals surface area contributed by atoms with Gasteiger partial charge < -0.3 is 15.0 Å². The van der Waals surface area contributed by atoms with Crippen molar-refractivity contribution in [3.63, 3.8) is 0 Å². The van der Waals surface area contributed by atoms with Crippen LogP contribution in [0.5, 0.6) is 5.75 Å². The summed E-state index contributed by atoms with van der Waals surface area (Å²) in [5.74, 6) is -0.557. The van der Waals surface area contributed by atoms with Crippen LogP contribution in [-0.2, 0) is 26.2 Å². The van der Waals surface area contributed by atoms with Gasteiger partial charge in [-0.3, -0.25) is 13.9 Å². The van der Waals surface area contributed by atoms with Gasteiger partial charge in [-0.15, -0.1) is 0 Å². The Balaban J connectivity index is 1.76. The molecule has 0 aliphatic heterocycles. The highest BCUT2D eigenvalue weighted by Gasteiger charge is 2.35. The molecule has 4 rings (SSSR count). The summed E-state index contributed by atoms with van der Waals surface area (Å²) in [5, 5.41) is 4.17. The maximum absolute atomic E-state index is 14.4. The minimum atomic E-state index is -4.29. The van der Waals surface area contributed by atoms with Gasteiger partial charge in [0.1, 0.15) is 18.3 Å². The van der Waals surface area contributed by atoms with Gasteiger partial charge in [0.05, 0.1) is 27.2 Å². The molecule has 242 valence electrons. The number of para-hydroxylation sites is 2. The quantitative estimate of drug-likeness (QED) is 0.200. The smallest absolute Gasteiger partial charge is 0.264 e. The molecule has 1 N–H and O–H groups in total. The van der Waals surface area contributed by atoms with Crippen molar-refractivity contribution >= 4 is 62.3 Å². The maximum atomic E-state index is 14.4. The number of benzene rings is 3. The minimum Gasteiger partial charge on any atom is -0.492 e. The Kier molecular flexibility index (Phi) is 12.4. The summed E-state index contributed by atoms with van der Waals surface area (Å²) in [6.07, 6.45) is 5.26. The van der Waals surface area contributed by atoms with E-state index in [-0.39, 0.29) is 35.7 Å². The molecule has 0 radical (unpaired) electrons. The van der Waals surface area contributed by atoms with E-state index in [1.165, 1.54) is 29.2 Å². The summed E-state index contributed by atoms with van der Waals surface area (Å²) in [6.45, 7) is 3.31. The lowest BCUT2D eigenvalue weighted by atomic mass is 9.95. The van der Waals surface area contributed by atoms with E-state index in [1.54, 1.807) is 49.4 Å². The number of nitrogens with one attached hydrogen (secondary N) is 1. The number of hydrogen-bond acceptors (Lipinski definition) is 5. The molecule has 45 heavy (non-hydrogen) atoms. The number of carbonyl (C=O) groups is 2. The molecule has 1 aliphatic rings. The summed E-state index contributed by atoms with van der Waals surface area (Å²) in [4.78, 5) is 29.5. The number of nitrogens with zero attached hydrogens (tertiary/aromatic N) is 2. The minimum absolute atomic E-state index is 0.00819. The van der Waals surface area contributed by atoms with Crippen molar-refractivity contribution < 1.29 is 22.7 Å². The largest absolute Gasteiger partial charge is 0.492 e. The molecule has 8 nitrogen and oxygen atoms in total. The van der Waals surface area contributed by atoms with Crippen LogP contribution in [0.3, 0.4) is 0 Å². The van der Waals surface area contributed by atoms with Gasteiger partial charge in [-0.2, -0.15) is 0 Å². The molecule has 1 aliphatic carbocycles. The number of ether oxygens (including phenoxy) is 1. The molecular formula is C33H38Cl3N3O5S. The monoisotopic (exact) mass is 693 g/mol. The molecule has 0 aromatic heterocycles. The van der Waals surface area contributed by atoms with Crippen LogP contribution in [0.15, 0.2) is 71.6 Å². The Morgan fingerprint density at radius 3 is 2.27 bits per heavy atom. The summed E-state index contributed by atoms with van der Waals surface area (Å²) >= 11 is 18.5. The number of hydrogen-bond donors (Lipinski definition) is 1. The number of rotatable bonds is 13. The SMILES string of the molecule is CCOc1ccccc1N(CC(=O)N(Cc1ccc(Cl)c(Cl)c1)[C@@H](CC)C(=O)NC1CCCCC1)S(=O)(=O)c1ccc(Cl)cc1. The first kappa shape index (κ1) is 34.9. The number of amides is 2. The molecule has 2 amide bonds. The number of anilines is 1. The van der Waals surface area contributed by atoms with Crippen molar-refractivity contribution in [3.05, 3.63) is 87.4 Å². The highest BCUT2D eigenvalue weighted by atomic mass is 35.5. The van der Waals surface area contributed by atoms with Crippen LogP contribution in [0.4, 0.5) is 5.69 Å². The number of carbonyl (C=O) groups excluding carboxylic acids is 2. The van der Waals surface area contributed by atoms with Crippen LogP contribution in [0, 0.1) is 0 Å². The van der Waals surface area contributed by atoms with E-state index in [9.17, 15) is 18.0 Å². The van der Waals surface area contributed by atoms with E-state index in [0.717, 1.165) is 36.4 Å². The van der Waals surface area contributed by atoms with Crippen LogP contribution >= 0.6 is 34.8 Å². The van der Waals surface area contributed by atoms with E-state index in [1.807, 2.05) is 6.92 Å². The molecule has 1 atom stereocenters. The summed E-state index contributed by atoms with van der Waals surface area (Å²) in [6, 6.07) is 16.5. The van der Waals surface area contributed by atoms with Crippen molar-refractivity contribution in [3.8, 4) is 5.75 Å². The number of sulfonamides is 1. The van der Waals surface area contributed by atoms with E-state index in [2.05, 4.69) is 5.32 Å². The molecule has 0 saturated heterocycles. The van der Waals surface area contributed by atoms with Gasteiger partial charge in [-0.05, 0) is 80.3 Å². The Morgan fingerprint density at radius 1 is 0.933 bits per heavy atom. The zero-order valence-corrected chi connectivity index (χ0v) is 28.4. The van der Waals surface area contributed by atoms with Gasteiger partial charge in [0.15, 0.2) is 0 Å². The van der Waals surface area contributed by atoms with Crippen molar-refractivity contribution in [2.24, 2.45) is 0 Å². The van der Waals surface area contributed by atoms with Crippen LogP contribution in [-0.4, -0.2) is 50.4 Å². The first-order chi connectivity index (χ1) is 21.5. The van der Waals surface area contributed by atoms with Crippen molar-refractivity contribution in [1.29, 1.82) is 0 Å². The summed E-state index contributed by atoms with van der Waals surface area (Å²) < 4.78 is 35.2. The molecule has 3 aromatic carbocycles. The van der Waals surface area contributed by atoms with Gasteiger partial charge in [0.2, 0.25) is 11.8 Å². The zero-order valence-electron chi connectivity index (χ0n) is 25.3. The second-order valence-electron chi connectivity index (χ2n) is 10.9. The van der Waals surface area contributed by atoms with E-state index in [0.29, 0.717) is 32.8 Å². The fraction of sp³-hybridized carbons (Fsp3) is 0.394. The first-order valence-corrected chi connectivity index (χ1v) is 17.7. The van der Waals surface area contributed by atoms with E-state index < -0.39 is 28.5 Å². The van der Waals surface area contributed by atoms with Gasteiger partial charge in [-0.25, -0.2) is 8.42 Å². The molecule has 3 aromatic rings. The topological polar surface area (TPSA) is 96.0 Å². The maximum Gasteiger partial charge on any atom is 0.264 e. The predicted octanol–water partition coefficient (Wildman–Crippen LogP) is 7.50. The lowest BCUT2D eigenvalue weighted by Crippen LogP contribution is -2.54. The molecule has 1 saturated carbocycles. The Bertz CT molecular complexity index is 1580. The average molecular weight is 695 g/mol. The highest BCUT2D eigenvalue weighted by Crippen LogP contribution is 2.33. The van der Waals surface area contributed by atoms with Crippen molar-refractivity contribution in [2.45, 2.75) is 75.9 Å². The van der Waals surface area contributed by atoms with Crippen LogP contribution in [0.2, 0.25) is 15.1 Å². The van der Waals surface area contributed by atoms with E-state index >= 15 is 0 Å². The molecule has 0 unspecified atom stereocenters. The Labute approximate surface area is 280 Å². The van der Waals surface area contributed by atoms with Gasteiger partial charge >= 0.3 is 0 Å². The molecule has 0 heterocycles. The van der Waals surface area contributed by atoms with Crippen molar-refractivity contribution in [1.82, 2.24) is 10.2 Å². The third-order valence-corrected chi connectivity index (χ3v) is 10.6. The van der Waals surface area contributed by atoms with Crippen molar-refractivity contribution in [2.75, 3.05) is 17.5 Å². The van der Waals surface area contributed by atoms with Gasteiger partial charge in [0, 0.05) is 17.6 Å². The zero-order chi connectivity index (χ0) is 32.6. The normalized spacial score (nSPS) is 14.4. The molecule has 0 spiro atoms. The first-order valence-electron chi connectivity index (χ1n) is 15.1. The third kappa shape index (κ3) is 8.85. The third-order valence-electron chi connectivity index (χ3n) is 7.79. The van der Waals surface area contributed by atoms with Gasteiger partial charge in [-0.1, -0.05) is 79.2 Å². The standard InChI is InChI=1S/C33H38Cl3N3O5S/c1-3-29(33(41)37-25-10-6-5-7-11-25)38(21-23-14-19-27(35)28(36)20-23)32(40)22-39(30-12-8-9-13-31(30)44-4-2)45(42,43)26-17-15-24(34)16-18-26/h8-9,12-20,25,29H,3-7,10-11,21-22H2,1-2H3,(H,37,41)/t29-/m0/s1. The fourth-order valence-corrected chi connectivity index (χ4v) is 7.36. The van der Waals surface area contributed by atoms with Gasteiger partial charge in [0.25, 0.3) is 10.0 Å². The number of halogens is 3. The second-order valence-corrected chi connectivity index (χ2v) is 14.0. The average Bonchev–Trinajstić information content (AvgIpc) is 3.02. The predicted molar refractivity (Wildman–Crippen MR) is 180 cm³/mol. The molecule has 1 fully saturated rings. The summed E-state index contributed by atoms with van der Waals surface area (Å²) in [7, 11) is -4.29. The second kappa shape index (κ2) is 16.0. The molecule has 12 heteroatoms. The lowest BCUT2D eigenvalue weighted by molar-refractivity contribution is -0.140. The molecular weight excluding hydrogens is 657 g/mol. The van der Waals surface area contributed by atoms with E-state index in [4.69, 9.17) is 39.5 Å².